The number of carbonyl (C=O) groups is 1. The molecule has 1 aromatic rings. The summed E-state index contributed by atoms with van der Waals surface area (Å²) in [5.74, 6) is -0.0888. The van der Waals surface area contributed by atoms with Gasteiger partial charge in [0.25, 0.3) is 5.91 Å². The van der Waals surface area contributed by atoms with E-state index in [4.69, 9.17) is 5.73 Å². The minimum Gasteiger partial charge on any atom is -0.398 e. The number of nitrogens with one attached hydrogen (secondary N) is 1. The van der Waals surface area contributed by atoms with Crippen LogP contribution in [0.3, 0.4) is 0 Å². The molecule has 0 heterocycles. The monoisotopic (exact) mass is 206 g/mol. The van der Waals surface area contributed by atoms with Crippen LogP contribution in [0, 0.1) is 0 Å². The molecule has 3 N–H and O–H groups in total. The number of nitrogen functional groups attached to an aromatic ring is 1. The summed E-state index contributed by atoms with van der Waals surface area (Å²) in [5.41, 5.74) is 6.79. The fourth-order valence-corrected chi connectivity index (χ4v) is 1.51. The third-order valence-corrected chi connectivity index (χ3v) is 2.30. The SMILES string of the molecule is CCC[C@@H](C)NC(=O)c1ccccc1N. The summed E-state index contributed by atoms with van der Waals surface area (Å²) in [7, 11) is 0. The van der Waals surface area contributed by atoms with Crippen molar-refractivity contribution in [3.05, 3.63) is 29.8 Å². The molecule has 1 aromatic carbocycles. The van der Waals surface area contributed by atoms with Crippen LogP contribution in [0.15, 0.2) is 24.3 Å². The predicted molar refractivity (Wildman–Crippen MR) is 62.7 cm³/mol. The van der Waals surface area contributed by atoms with Crippen molar-refractivity contribution in [3.63, 3.8) is 0 Å². The largest absolute Gasteiger partial charge is 0.398 e. The lowest BCUT2D eigenvalue weighted by atomic mass is 10.1. The summed E-state index contributed by atoms with van der Waals surface area (Å²) in [6, 6.07) is 7.31. The van der Waals surface area contributed by atoms with Crippen LogP contribution in [0.4, 0.5) is 5.69 Å². The second-order valence-corrected chi connectivity index (χ2v) is 3.75. The first-order chi connectivity index (χ1) is 7.15. The maximum Gasteiger partial charge on any atom is 0.253 e. The van der Waals surface area contributed by atoms with E-state index in [1.165, 1.54) is 0 Å². The highest BCUT2D eigenvalue weighted by Gasteiger charge is 2.10. The molecule has 0 radical (unpaired) electrons. The number of para-hydroxylation sites is 1. The zero-order valence-electron chi connectivity index (χ0n) is 9.29. The summed E-state index contributed by atoms with van der Waals surface area (Å²) < 4.78 is 0. The smallest absolute Gasteiger partial charge is 0.253 e. The van der Waals surface area contributed by atoms with Gasteiger partial charge in [-0.15, -0.1) is 0 Å². The van der Waals surface area contributed by atoms with Crippen molar-refractivity contribution in [3.8, 4) is 0 Å². The lowest BCUT2D eigenvalue weighted by Crippen LogP contribution is -2.32. The van der Waals surface area contributed by atoms with Crippen LogP contribution in [-0.2, 0) is 0 Å². The summed E-state index contributed by atoms with van der Waals surface area (Å²) in [5, 5.41) is 2.92. The molecular formula is C12H18N2O. The van der Waals surface area contributed by atoms with Crippen molar-refractivity contribution in [1.29, 1.82) is 0 Å². The van der Waals surface area contributed by atoms with E-state index in [0.29, 0.717) is 11.3 Å². The van der Waals surface area contributed by atoms with E-state index in [1.54, 1.807) is 12.1 Å². The molecule has 0 aromatic heterocycles. The molecule has 0 aliphatic rings. The van der Waals surface area contributed by atoms with Crippen LogP contribution in [0.25, 0.3) is 0 Å². The normalized spacial score (nSPS) is 12.1. The van der Waals surface area contributed by atoms with Crippen LogP contribution in [-0.4, -0.2) is 11.9 Å². The fraction of sp³-hybridized carbons (Fsp3) is 0.417. The van der Waals surface area contributed by atoms with Gasteiger partial charge in [0.2, 0.25) is 0 Å². The van der Waals surface area contributed by atoms with Gasteiger partial charge in [0, 0.05) is 11.7 Å². The number of nitrogens with two attached hydrogens (primary N) is 1. The zero-order chi connectivity index (χ0) is 11.3. The van der Waals surface area contributed by atoms with E-state index in [9.17, 15) is 4.79 Å². The Bertz CT molecular complexity index is 336. The zero-order valence-corrected chi connectivity index (χ0v) is 9.29. The van der Waals surface area contributed by atoms with E-state index < -0.39 is 0 Å². The summed E-state index contributed by atoms with van der Waals surface area (Å²) in [6.45, 7) is 4.10. The van der Waals surface area contributed by atoms with E-state index in [1.807, 2.05) is 19.1 Å². The Balaban J connectivity index is 2.65. The molecule has 1 atom stereocenters. The number of carbonyl (C=O) groups excluding carboxylic acids is 1. The van der Waals surface area contributed by atoms with Crippen molar-refractivity contribution >= 4 is 11.6 Å². The molecule has 3 heteroatoms. The summed E-state index contributed by atoms with van der Waals surface area (Å²) >= 11 is 0. The second-order valence-electron chi connectivity index (χ2n) is 3.75. The van der Waals surface area contributed by atoms with Crippen molar-refractivity contribution in [1.82, 2.24) is 5.32 Å². The highest BCUT2D eigenvalue weighted by atomic mass is 16.1. The highest BCUT2D eigenvalue weighted by molar-refractivity contribution is 5.99. The second kappa shape index (κ2) is 5.39. The number of hydrogen-bond donors (Lipinski definition) is 2. The molecule has 1 amide bonds. The first-order valence-corrected chi connectivity index (χ1v) is 5.30. The first-order valence-electron chi connectivity index (χ1n) is 5.30. The molecule has 0 saturated carbocycles. The van der Waals surface area contributed by atoms with E-state index >= 15 is 0 Å². The lowest BCUT2D eigenvalue weighted by Gasteiger charge is -2.13. The molecule has 0 bridgehead atoms. The lowest BCUT2D eigenvalue weighted by molar-refractivity contribution is 0.0939. The molecule has 3 nitrogen and oxygen atoms in total. The Morgan fingerprint density at radius 2 is 2.13 bits per heavy atom. The van der Waals surface area contributed by atoms with Gasteiger partial charge in [-0.25, -0.2) is 0 Å². The minimum absolute atomic E-state index is 0.0888. The Kier molecular flexibility index (Phi) is 4.16. The Labute approximate surface area is 90.7 Å². The molecule has 82 valence electrons. The molecule has 0 unspecified atom stereocenters. The molecule has 15 heavy (non-hydrogen) atoms. The molecular weight excluding hydrogens is 188 g/mol. The highest BCUT2D eigenvalue weighted by Crippen LogP contribution is 2.10. The quantitative estimate of drug-likeness (QED) is 0.742. The average molecular weight is 206 g/mol. The number of hydrogen-bond acceptors (Lipinski definition) is 2. The molecule has 0 aliphatic heterocycles. The standard InChI is InChI=1S/C12H18N2O/c1-3-6-9(2)14-12(15)10-7-4-5-8-11(10)13/h4-5,7-9H,3,6,13H2,1-2H3,(H,14,15)/t9-/m1/s1. The van der Waals surface area contributed by atoms with Crippen molar-refractivity contribution in [2.24, 2.45) is 0 Å². The predicted octanol–water partition coefficient (Wildman–Crippen LogP) is 2.19. The number of amides is 1. The van der Waals surface area contributed by atoms with E-state index in [2.05, 4.69) is 12.2 Å². The summed E-state index contributed by atoms with van der Waals surface area (Å²) in [6.07, 6.45) is 2.05. The first kappa shape index (κ1) is 11.6. The van der Waals surface area contributed by atoms with Gasteiger partial charge in [-0.3, -0.25) is 4.79 Å². The molecule has 0 saturated heterocycles. The summed E-state index contributed by atoms with van der Waals surface area (Å²) in [4.78, 5) is 11.8. The fourth-order valence-electron chi connectivity index (χ4n) is 1.51. The van der Waals surface area contributed by atoms with Gasteiger partial charge in [-0.1, -0.05) is 25.5 Å². The van der Waals surface area contributed by atoms with Crippen molar-refractivity contribution in [2.75, 3.05) is 5.73 Å². The van der Waals surface area contributed by atoms with E-state index in [0.717, 1.165) is 12.8 Å². The topological polar surface area (TPSA) is 55.1 Å². The Morgan fingerprint density at radius 1 is 1.47 bits per heavy atom. The van der Waals surface area contributed by atoms with Crippen LogP contribution in [0.2, 0.25) is 0 Å². The molecule has 0 aliphatic carbocycles. The van der Waals surface area contributed by atoms with Crippen LogP contribution in [0.5, 0.6) is 0 Å². The third kappa shape index (κ3) is 3.27. The van der Waals surface area contributed by atoms with Crippen molar-refractivity contribution in [2.45, 2.75) is 32.7 Å². The van der Waals surface area contributed by atoms with Crippen LogP contribution >= 0.6 is 0 Å². The molecule has 0 fully saturated rings. The average Bonchev–Trinajstić information content (AvgIpc) is 2.18. The van der Waals surface area contributed by atoms with Gasteiger partial charge in [0.05, 0.1) is 5.56 Å². The maximum atomic E-state index is 11.8. The maximum absolute atomic E-state index is 11.8. The third-order valence-electron chi connectivity index (χ3n) is 2.30. The van der Waals surface area contributed by atoms with Gasteiger partial charge >= 0.3 is 0 Å². The van der Waals surface area contributed by atoms with Gasteiger partial charge in [0.1, 0.15) is 0 Å². The molecule has 0 spiro atoms. The Morgan fingerprint density at radius 3 is 2.73 bits per heavy atom. The van der Waals surface area contributed by atoms with Crippen molar-refractivity contribution < 1.29 is 4.79 Å². The van der Waals surface area contributed by atoms with Gasteiger partial charge < -0.3 is 11.1 Å². The van der Waals surface area contributed by atoms with Gasteiger partial charge in [0.15, 0.2) is 0 Å². The van der Waals surface area contributed by atoms with Crippen LogP contribution in [0.1, 0.15) is 37.0 Å². The minimum atomic E-state index is -0.0888. The van der Waals surface area contributed by atoms with Gasteiger partial charge in [-0.2, -0.15) is 0 Å². The van der Waals surface area contributed by atoms with Crippen LogP contribution < -0.4 is 11.1 Å². The molecule has 1 rings (SSSR count). The number of anilines is 1. The number of rotatable bonds is 4. The Hall–Kier alpha value is -1.51. The van der Waals surface area contributed by atoms with E-state index in [-0.39, 0.29) is 11.9 Å². The number of benzene rings is 1. The van der Waals surface area contributed by atoms with Gasteiger partial charge in [-0.05, 0) is 25.5 Å².